The number of aliphatic carboxylic acids is 2. The average molecular weight is 479 g/mol. The Balaban J connectivity index is 1.55. The van der Waals surface area contributed by atoms with E-state index in [1.54, 1.807) is 0 Å². The Labute approximate surface area is 185 Å². The molecule has 2 unspecified atom stereocenters. The fourth-order valence-electron chi connectivity index (χ4n) is 3.46. The first-order valence-corrected chi connectivity index (χ1v) is 9.82. The summed E-state index contributed by atoms with van der Waals surface area (Å²) in [7, 11) is 0. The molecule has 0 bridgehead atoms. The van der Waals surface area contributed by atoms with E-state index in [0.29, 0.717) is 5.69 Å². The van der Waals surface area contributed by atoms with Gasteiger partial charge in [0.1, 0.15) is 49.8 Å². The lowest BCUT2D eigenvalue weighted by Crippen LogP contribution is -2.39. The second-order valence-electron chi connectivity index (χ2n) is 7.37. The summed E-state index contributed by atoms with van der Waals surface area (Å²) in [4.78, 5) is 21.5. The minimum Gasteiger partial charge on any atom is -0.480 e. The molecule has 3 rings (SSSR count). The number of aliphatic hydroxyl groups excluding tert-OH is 4. The summed E-state index contributed by atoms with van der Waals surface area (Å²) in [5.41, 5.74) is 0.425. The zero-order valence-electron chi connectivity index (χ0n) is 17.1. The molecular weight excluding hydrogens is 454 g/mol. The Bertz CT molecular complexity index is 807. The summed E-state index contributed by atoms with van der Waals surface area (Å²) in [5.74, 6) is -2.51. The second kappa shape index (κ2) is 11.2. The topological polar surface area (TPSA) is 232 Å². The SMILES string of the molecule is O=C(O)CO[C@H]1[C@@H](COCc2cnnn2C[C@H]2OC(O)[C@H](O)[C@H]2OCC(=O)O)OC(O)[C@@H]1O. The molecule has 16 nitrogen and oxygen atoms in total. The van der Waals surface area contributed by atoms with Crippen molar-refractivity contribution in [2.45, 2.75) is 62.4 Å². The number of aliphatic hydroxyl groups is 4. The van der Waals surface area contributed by atoms with E-state index in [9.17, 15) is 30.0 Å². The van der Waals surface area contributed by atoms with Crippen LogP contribution < -0.4 is 0 Å². The first kappa shape index (κ1) is 25.3. The Morgan fingerprint density at radius 2 is 1.48 bits per heavy atom. The van der Waals surface area contributed by atoms with Gasteiger partial charge in [-0.15, -0.1) is 5.10 Å². The second-order valence-corrected chi connectivity index (χ2v) is 7.37. The highest BCUT2D eigenvalue weighted by Gasteiger charge is 2.45. The fraction of sp³-hybridized carbons (Fsp3) is 0.765. The first-order valence-electron chi connectivity index (χ1n) is 9.82. The molecule has 0 aromatic carbocycles. The van der Waals surface area contributed by atoms with Crippen molar-refractivity contribution in [2.75, 3.05) is 19.8 Å². The van der Waals surface area contributed by atoms with Crippen LogP contribution in [0.3, 0.4) is 0 Å². The maximum atomic E-state index is 10.8. The van der Waals surface area contributed by atoms with Crippen molar-refractivity contribution in [3.63, 3.8) is 0 Å². The first-order chi connectivity index (χ1) is 15.7. The Hall–Kier alpha value is -2.28. The van der Waals surface area contributed by atoms with Gasteiger partial charge in [0, 0.05) is 0 Å². The molecular formula is C17H25N3O13. The molecule has 0 aliphatic carbocycles. The van der Waals surface area contributed by atoms with E-state index < -0.39 is 74.4 Å². The van der Waals surface area contributed by atoms with Gasteiger partial charge >= 0.3 is 11.9 Å². The van der Waals surface area contributed by atoms with E-state index >= 15 is 0 Å². The summed E-state index contributed by atoms with van der Waals surface area (Å²) >= 11 is 0. The third kappa shape index (κ3) is 6.40. The molecule has 2 aliphatic rings. The highest BCUT2D eigenvalue weighted by molar-refractivity contribution is 5.68. The molecule has 3 heterocycles. The van der Waals surface area contributed by atoms with Crippen LogP contribution in [0.4, 0.5) is 0 Å². The number of nitrogens with zero attached hydrogens (tertiary/aromatic N) is 3. The molecule has 2 fully saturated rings. The molecule has 0 radical (unpaired) electrons. The van der Waals surface area contributed by atoms with Gasteiger partial charge < -0.3 is 54.3 Å². The van der Waals surface area contributed by atoms with Crippen molar-refractivity contribution in [1.29, 1.82) is 0 Å². The zero-order valence-corrected chi connectivity index (χ0v) is 17.1. The van der Waals surface area contributed by atoms with Gasteiger partial charge in [-0.3, -0.25) is 0 Å². The molecule has 33 heavy (non-hydrogen) atoms. The molecule has 0 saturated carbocycles. The van der Waals surface area contributed by atoms with Gasteiger partial charge in [-0.1, -0.05) is 5.21 Å². The minimum atomic E-state index is -1.57. The number of carbonyl (C=O) groups is 2. The molecule has 1 aromatic heterocycles. The lowest BCUT2D eigenvalue weighted by molar-refractivity contribution is -0.149. The van der Waals surface area contributed by atoms with Gasteiger partial charge in [0.25, 0.3) is 0 Å². The number of hydrogen-bond donors (Lipinski definition) is 6. The Morgan fingerprint density at radius 3 is 2.06 bits per heavy atom. The minimum absolute atomic E-state index is 0.0567. The quantitative estimate of drug-likeness (QED) is 0.167. The van der Waals surface area contributed by atoms with Crippen LogP contribution >= 0.6 is 0 Å². The summed E-state index contributed by atoms with van der Waals surface area (Å²) in [6.45, 7) is -1.71. The van der Waals surface area contributed by atoms with Crippen molar-refractivity contribution in [2.24, 2.45) is 0 Å². The number of ether oxygens (including phenoxy) is 5. The Kier molecular flexibility index (Phi) is 8.63. The van der Waals surface area contributed by atoms with E-state index in [-0.39, 0.29) is 19.8 Å². The smallest absolute Gasteiger partial charge is 0.329 e. The van der Waals surface area contributed by atoms with Gasteiger partial charge in [0.15, 0.2) is 12.6 Å². The fourth-order valence-corrected chi connectivity index (χ4v) is 3.46. The van der Waals surface area contributed by atoms with Crippen molar-refractivity contribution in [3.8, 4) is 0 Å². The van der Waals surface area contributed by atoms with Crippen LogP contribution in [-0.4, -0.2) is 127 Å². The maximum Gasteiger partial charge on any atom is 0.329 e. The van der Waals surface area contributed by atoms with Crippen LogP contribution in [0.15, 0.2) is 6.20 Å². The molecule has 6 N–H and O–H groups in total. The number of carboxylic acid groups (broad SMARTS) is 2. The lowest BCUT2D eigenvalue weighted by atomic mass is 10.1. The van der Waals surface area contributed by atoms with Crippen molar-refractivity contribution < 1.29 is 63.9 Å². The summed E-state index contributed by atoms with van der Waals surface area (Å²) in [5, 5.41) is 64.4. The molecule has 0 spiro atoms. The normalized spacial score (nSPS) is 34.1. The number of aromatic nitrogens is 3. The molecule has 2 aliphatic heterocycles. The molecule has 8 atom stereocenters. The lowest BCUT2D eigenvalue weighted by Gasteiger charge is -2.21. The van der Waals surface area contributed by atoms with Gasteiger partial charge in [-0.25, -0.2) is 14.3 Å². The summed E-state index contributed by atoms with van der Waals surface area (Å²) in [6.07, 6.45) is -8.82. The van der Waals surface area contributed by atoms with Crippen LogP contribution in [0.1, 0.15) is 5.69 Å². The highest BCUT2D eigenvalue weighted by Crippen LogP contribution is 2.25. The van der Waals surface area contributed by atoms with Gasteiger partial charge in [-0.05, 0) is 0 Å². The van der Waals surface area contributed by atoms with Crippen LogP contribution in [0, 0.1) is 0 Å². The number of carboxylic acids is 2. The third-order valence-corrected chi connectivity index (χ3v) is 5.00. The maximum absolute atomic E-state index is 10.8. The van der Waals surface area contributed by atoms with E-state index in [1.165, 1.54) is 10.9 Å². The third-order valence-electron chi connectivity index (χ3n) is 5.00. The summed E-state index contributed by atoms with van der Waals surface area (Å²) < 4.78 is 27.4. The van der Waals surface area contributed by atoms with Gasteiger partial charge in [0.05, 0.1) is 31.6 Å². The monoisotopic (exact) mass is 479 g/mol. The highest BCUT2D eigenvalue weighted by atomic mass is 16.7. The largest absolute Gasteiger partial charge is 0.480 e. The van der Waals surface area contributed by atoms with Crippen LogP contribution in [0.25, 0.3) is 0 Å². The molecule has 186 valence electrons. The van der Waals surface area contributed by atoms with Crippen molar-refractivity contribution >= 4 is 11.9 Å². The van der Waals surface area contributed by atoms with Gasteiger partial charge in [-0.2, -0.15) is 0 Å². The predicted molar refractivity (Wildman–Crippen MR) is 98.2 cm³/mol. The molecule has 0 amide bonds. The van der Waals surface area contributed by atoms with Crippen molar-refractivity contribution in [3.05, 3.63) is 11.9 Å². The molecule has 2 saturated heterocycles. The van der Waals surface area contributed by atoms with Crippen LogP contribution in [-0.2, 0) is 46.4 Å². The number of hydrogen-bond acceptors (Lipinski definition) is 13. The van der Waals surface area contributed by atoms with E-state index in [4.69, 9.17) is 33.9 Å². The summed E-state index contributed by atoms with van der Waals surface area (Å²) in [6, 6.07) is 0. The van der Waals surface area contributed by atoms with E-state index in [2.05, 4.69) is 10.3 Å². The zero-order chi connectivity index (χ0) is 24.1. The average Bonchev–Trinajstić information content (AvgIpc) is 3.37. The predicted octanol–water partition coefficient (Wildman–Crippen LogP) is -4.11. The standard InChI is InChI=1S/C17H25N3O13/c21-10(22)5-30-14-8(32-16(27)12(14)25)2-20-7(1-18-19-20)3-29-4-9-15(31-6-11(23)24)13(26)17(28)33-9/h1,8-9,12-17,25-28H,2-6H2,(H,21,22)(H,23,24)/t8-,9-,12-,13-,14+,15+,16?,17?/m1/s1. The van der Waals surface area contributed by atoms with E-state index in [1.807, 2.05) is 0 Å². The van der Waals surface area contributed by atoms with Crippen molar-refractivity contribution in [1.82, 2.24) is 15.0 Å². The number of rotatable bonds is 12. The van der Waals surface area contributed by atoms with Crippen LogP contribution in [0.2, 0.25) is 0 Å². The molecule has 16 heteroatoms. The van der Waals surface area contributed by atoms with Gasteiger partial charge in [0.2, 0.25) is 0 Å². The van der Waals surface area contributed by atoms with Crippen LogP contribution in [0.5, 0.6) is 0 Å². The molecule has 1 aromatic rings. The Morgan fingerprint density at radius 1 is 0.939 bits per heavy atom. The van der Waals surface area contributed by atoms with E-state index in [0.717, 1.165) is 0 Å².